The maximum Gasteiger partial charge on any atom is 0.170 e. The number of hydrogen-bond donors (Lipinski definition) is 1. The van der Waals surface area contributed by atoms with E-state index in [0.717, 1.165) is 0 Å². The van der Waals surface area contributed by atoms with Gasteiger partial charge in [0.15, 0.2) is 17.3 Å². The molecule has 0 unspecified atom stereocenters. The summed E-state index contributed by atoms with van der Waals surface area (Å²) in [5, 5.41) is 16.0. The van der Waals surface area contributed by atoms with Crippen molar-refractivity contribution in [2.45, 2.75) is 0 Å². The molecule has 0 atom stereocenters. The zero-order valence-corrected chi connectivity index (χ0v) is 14.2. The second-order valence-corrected chi connectivity index (χ2v) is 5.25. The van der Waals surface area contributed by atoms with E-state index < -0.39 is 5.97 Å². The van der Waals surface area contributed by atoms with Crippen LogP contribution in [0.15, 0.2) is 29.5 Å². The molecule has 1 N–H and O–H groups in total. The minimum Gasteiger partial charge on any atom is -0.545 e. The fraction of sp³-hybridized carbons (Fsp3) is 0.133. The van der Waals surface area contributed by atoms with Crippen LogP contribution in [0.2, 0.25) is 10.0 Å². The summed E-state index contributed by atoms with van der Waals surface area (Å²) in [5.41, 5.74) is 2.68. The SMILES string of the molecule is COc1ccc(/C=N\Nc2ncc(Cl)cc2Cl)c(C(=O)[O-])c1OC. The molecule has 0 aliphatic heterocycles. The summed E-state index contributed by atoms with van der Waals surface area (Å²) in [5.74, 6) is -0.837. The lowest BCUT2D eigenvalue weighted by molar-refractivity contribution is -0.255. The van der Waals surface area contributed by atoms with Gasteiger partial charge in [0.1, 0.15) is 0 Å². The molecular weight excluding hydrogens is 357 g/mol. The van der Waals surface area contributed by atoms with Gasteiger partial charge in [-0.05, 0) is 18.2 Å². The second-order valence-electron chi connectivity index (χ2n) is 4.41. The van der Waals surface area contributed by atoms with E-state index in [0.29, 0.717) is 5.02 Å². The third kappa shape index (κ3) is 3.87. The topological polar surface area (TPSA) is 95.9 Å². The molecule has 0 aliphatic carbocycles. The number of ether oxygens (including phenoxy) is 2. The Morgan fingerprint density at radius 3 is 2.67 bits per heavy atom. The Morgan fingerprint density at radius 2 is 2.08 bits per heavy atom. The van der Waals surface area contributed by atoms with Gasteiger partial charge in [0, 0.05) is 11.8 Å². The zero-order chi connectivity index (χ0) is 17.7. The second kappa shape index (κ2) is 7.85. The molecule has 9 heteroatoms. The first-order chi connectivity index (χ1) is 11.5. The number of aromatic nitrogens is 1. The van der Waals surface area contributed by atoms with Crippen LogP contribution in [0.5, 0.6) is 11.5 Å². The monoisotopic (exact) mass is 368 g/mol. The lowest BCUT2D eigenvalue weighted by Gasteiger charge is -2.15. The highest BCUT2D eigenvalue weighted by Gasteiger charge is 2.15. The number of aromatic carboxylic acids is 1. The average molecular weight is 369 g/mol. The Balaban J connectivity index is 2.33. The highest BCUT2D eigenvalue weighted by atomic mass is 35.5. The molecule has 0 amide bonds. The maximum absolute atomic E-state index is 11.4. The van der Waals surface area contributed by atoms with E-state index in [1.54, 1.807) is 6.07 Å². The van der Waals surface area contributed by atoms with E-state index in [1.165, 1.54) is 38.8 Å². The number of carbonyl (C=O) groups excluding carboxylic acids is 1. The molecule has 0 saturated carbocycles. The molecule has 0 fully saturated rings. The third-order valence-corrected chi connectivity index (χ3v) is 3.46. The summed E-state index contributed by atoms with van der Waals surface area (Å²) < 4.78 is 10.2. The Morgan fingerprint density at radius 1 is 1.33 bits per heavy atom. The van der Waals surface area contributed by atoms with Crippen molar-refractivity contribution in [1.29, 1.82) is 0 Å². The van der Waals surface area contributed by atoms with Crippen LogP contribution in [0.1, 0.15) is 15.9 Å². The Bertz CT molecular complexity index is 797. The molecule has 0 spiro atoms. The number of anilines is 1. The molecule has 1 heterocycles. The van der Waals surface area contributed by atoms with Crippen molar-refractivity contribution >= 4 is 41.2 Å². The molecule has 0 radical (unpaired) electrons. The molecule has 0 saturated heterocycles. The smallest absolute Gasteiger partial charge is 0.170 e. The van der Waals surface area contributed by atoms with E-state index in [1.807, 2.05) is 0 Å². The van der Waals surface area contributed by atoms with Gasteiger partial charge >= 0.3 is 0 Å². The van der Waals surface area contributed by atoms with E-state index >= 15 is 0 Å². The number of hydrogen-bond acceptors (Lipinski definition) is 7. The van der Waals surface area contributed by atoms with Gasteiger partial charge in [0.2, 0.25) is 0 Å². The van der Waals surface area contributed by atoms with Crippen molar-refractivity contribution in [2.24, 2.45) is 5.10 Å². The Hall–Kier alpha value is -2.51. The minimum atomic E-state index is -1.42. The van der Waals surface area contributed by atoms with E-state index in [2.05, 4.69) is 15.5 Å². The van der Waals surface area contributed by atoms with Crippen molar-refractivity contribution in [3.8, 4) is 11.5 Å². The molecule has 126 valence electrons. The molecular formula is C15H12Cl2N3O4-. The third-order valence-electron chi connectivity index (χ3n) is 2.96. The molecule has 24 heavy (non-hydrogen) atoms. The molecule has 0 aliphatic rings. The lowest BCUT2D eigenvalue weighted by Crippen LogP contribution is -2.25. The number of hydrazone groups is 1. The van der Waals surface area contributed by atoms with Crippen LogP contribution < -0.4 is 20.0 Å². The van der Waals surface area contributed by atoms with Crippen molar-refractivity contribution in [3.63, 3.8) is 0 Å². The van der Waals surface area contributed by atoms with Crippen LogP contribution in [0.25, 0.3) is 0 Å². The summed E-state index contributed by atoms with van der Waals surface area (Å²) in [6, 6.07) is 4.56. The summed E-state index contributed by atoms with van der Waals surface area (Å²) in [7, 11) is 2.74. The number of halogens is 2. The average Bonchev–Trinajstić information content (AvgIpc) is 2.55. The Labute approximate surface area is 147 Å². The standard InChI is InChI=1S/C15H13Cl2N3O4/c1-23-11-4-3-8(12(15(21)22)13(11)24-2)6-19-20-14-10(17)5-9(16)7-18-14/h3-7H,1-2H3,(H,18,20)(H,21,22)/p-1/b19-6-. The van der Waals surface area contributed by atoms with Gasteiger partial charge in [-0.25, -0.2) is 4.98 Å². The Kier molecular flexibility index (Phi) is 5.83. The van der Waals surface area contributed by atoms with Crippen LogP contribution in [0, 0.1) is 0 Å². The summed E-state index contributed by atoms with van der Waals surface area (Å²) >= 11 is 11.7. The number of pyridine rings is 1. The first-order valence-corrected chi connectivity index (χ1v) is 7.30. The molecule has 7 nitrogen and oxygen atoms in total. The van der Waals surface area contributed by atoms with Gasteiger partial charge in [-0.2, -0.15) is 5.10 Å². The van der Waals surface area contributed by atoms with Crippen LogP contribution >= 0.6 is 23.2 Å². The van der Waals surface area contributed by atoms with Crippen LogP contribution in [0.4, 0.5) is 5.82 Å². The molecule has 1 aromatic carbocycles. The van der Waals surface area contributed by atoms with Crippen LogP contribution in [0.3, 0.4) is 0 Å². The van der Waals surface area contributed by atoms with E-state index in [9.17, 15) is 9.90 Å². The first-order valence-electron chi connectivity index (χ1n) is 6.54. The number of nitrogens with zero attached hydrogens (tertiary/aromatic N) is 2. The first kappa shape index (κ1) is 17.8. The number of rotatable bonds is 6. The van der Waals surface area contributed by atoms with Crippen molar-refractivity contribution in [2.75, 3.05) is 19.6 Å². The van der Waals surface area contributed by atoms with Crippen LogP contribution in [-0.4, -0.2) is 31.4 Å². The van der Waals surface area contributed by atoms with Crippen molar-refractivity contribution < 1.29 is 19.4 Å². The van der Waals surface area contributed by atoms with Gasteiger partial charge in [-0.1, -0.05) is 23.2 Å². The number of nitrogens with one attached hydrogen (secondary N) is 1. The largest absolute Gasteiger partial charge is 0.545 e. The molecule has 0 bridgehead atoms. The molecule has 1 aromatic heterocycles. The van der Waals surface area contributed by atoms with E-state index in [4.69, 9.17) is 32.7 Å². The molecule has 2 rings (SSSR count). The summed E-state index contributed by atoms with van der Waals surface area (Å²) in [4.78, 5) is 15.4. The number of methoxy groups -OCH3 is 2. The fourth-order valence-electron chi connectivity index (χ4n) is 1.92. The highest BCUT2D eigenvalue weighted by molar-refractivity contribution is 6.35. The minimum absolute atomic E-state index is 0.0455. The summed E-state index contributed by atoms with van der Waals surface area (Å²) in [6.45, 7) is 0. The lowest BCUT2D eigenvalue weighted by atomic mass is 10.1. The summed E-state index contributed by atoms with van der Waals surface area (Å²) in [6.07, 6.45) is 2.67. The molecule has 2 aromatic rings. The van der Waals surface area contributed by atoms with Crippen molar-refractivity contribution in [3.05, 3.63) is 45.6 Å². The fourth-order valence-corrected chi connectivity index (χ4v) is 2.34. The quantitative estimate of drug-likeness (QED) is 0.620. The van der Waals surface area contributed by atoms with E-state index in [-0.39, 0.29) is 33.5 Å². The van der Waals surface area contributed by atoms with Crippen LogP contribution in [-0.2, 0) is 0 Å². The van der Waals surface area contributed by atoms with Gasteiger partial charge in [-0.3, -0.25) is 5.43 Å². The predicted octanol–water partition coefficient (Wildman–Crippen LogP) is 2.22. The van der Waals surface area contributed by atoms with Gasteiger partial charge in [0.25, 0.3) is 0 Å². The predicted molar refractivity (Wildman–Crippen MR) is 89.4 cm³/mol. The number of carboxylic acid groups (broad SMARTS) is 1. The van der Waals surface area contributed by atoms with Gasteiger partial charge < -0.3 is 19.4 Å². The highest BCUT2D eigenvalue weighted by Crippen LogP contribution is 2.32. The number of carboxylic acids is 1. The zero-order valence-electron chi connectivity index (χ0n) is 12.7. The van der Waals surface area contributed by atoms with Crippen molar-refractivity contribution in [1.82, 2.24) is 4.98 Å². The maximum atomic E-state index is 11.4. The normalized spacial score (nSPS) is 10.7. The number of carbonyl (C=O) groups is 1. The van der Waals surface area contributed by atoms with Gasteiger partial charge in [0.05, 0.1) is 42.0 Å². The van der Waals surface area contributed by atoms with Gasteiger partial charge in [-0.15, -0.1) is 0 Å². The number of benzene rings is 1.